The number of benzene rings is 3. The molecule has 2 amide bonds. The number of methoxy groups -OCH3 is 2. The second-order valence-corrected chi connectivity index (χ2v) is 8.28. The number of carbonyl (C=O) groups excluding carboxylic acids is 2. The van der Waals surface area contributed by atoms with E-state index in [4.69, 9.17) is 15.2 Å². The molecular formula is C28H32N2O4. The fourth-order valence-electron chi connectivity index (χ4n) is 3.95. The summed E-state index contributed by atoms with van der Waals surface area (Å²) in [5, 5.41) is 0. The van der Waals surface area contributed by atoms with E-state index < -0.39 is 0 Å². The molecule has 2 N–H and O–H groups in total. The van der Waals surface area contributed by atoms with E-state index in [9.17, 15) is 9.59 Å². The number of ether oxygens (including phenoxy) is 2. The molecule has 0 atom stereocenters. The van der Waals surface area contributed by atoms with E-state index in [1.54, 1.807) is 26.4 Å². The number of primary amides is 1. The summed E-state index contributed by atoms with van der Waals surface area (Å²) < 4.78 is 10.9. The number of nitrogens with two attached hydrogens (primary N) is 1. The first kappa shape index (κ1) is 24.8. The molecule has 34 heavy (non-hydrogen) atoms. The number of rotatable bonds is 11. The third-order valence-corrected chi connectivity index (χ3v) is 5.80. The van der Waals surface area contributed by atoms with Crippen LogP contribution in [0.3, 0.4) is 0 Å². The van der Waals surface area contributed by atoms with Gasteiger partial charge in [-0.25, -0.2) is 0 Å². The first-order valence-corrected chi connectivity index (χ1v) is 11.3. The quantitative estimate of drug-likeness (QED) is 0.462. The number of nitrogens with zero attached hydrogens (tertiary/aromatic N) is 1. The Morgan fingerprint density at radius 2 is 1.44 bits per heavy atom. The summed E-state index contributed by atoms with van der Waals surface area (Å²) in [6.45, 7) is 2.94. The standard InChI is InChI=1S/C28H32N2O4/c1-20-25(33-2)17-24(18-26(20)34-3)28(32)30(15-7-10-21-8-5-4-6-9-21)19-23-13-11-22(12-14-23)16-27(29)31/h4-6,8-9,11-14,17-18H,7,10,15-16,19H2,1-3H3,(H2,29,31). The molecule has 0 heterocycles. The Morgan fingerprint density at radius 3 is 2.00 bits per heavy atom. The summed E-state index contributed by atoms with van der Waals surface area (Å²) in [4.78, 5) is 26.6. The summed E-state index contributed by atoms with van der Waals surface area (Å²) in [6, 6.07) is 21.4. The molecule has 0 aromatic heterocycles. The first-order valence-electron chi connectivity index (χ1n) is 11.3. The third-order valence-electron chi connectivity index (χ3n) is 5.80. The fraction of sp³-hybridized carbons (Fsp3) is 0.286. The zero-order valence-electron chi connectivity index (χ0n) is 20.0. The maximum atomic E-state index is 13.6. The fourth-order valence-corrected chi connectivity index (χ4v) is 3.95. The predicted molar refractivity (Wildman–Crippen MR) is 133 cm³/mol. The van der Waals surface area contributed by atoms with E-state index in [-0.39, 0.29) is 18.2 Å². The van der Waals surface area contributed by atoms with E-state index in [2.05, 4.69) is 12.1 Å². The van der Waals surface area contributed by atoms with E-state index in [0.717, 1.165) is 29.5 Å². The minimum atomic E-state index is -0.368. The lowest BCUT2D eigenvalue weighted by Crippen LogP contribution is -2.32. The van der Waals surface area contributed by atoms with Crippen LogP contribution >= 0.6 is 0 Å². The number of carbonyl (C=O) groups is 2. The van der Waals surface area contributed by atoms with E-state index in [1.807, 2.05) is 54.3 Å². The van der Waals surface area contributed by atoms with Crippen LogP contribution in [0.15, 0.2) is 66.7 Å². The van der Waals surface area contributed by atoms with E-state index >= 15 is 0 Å². The van der Waals surface area contributed by atoms with E-state index in [1.165, 1.54) is 5.56 Å². The molecule has 0 fully saturated rings. The van der Waals surface area contributed by atoms with Gasteiger partial charge in [0.25, 0.3) is 5.91 Å². The Morgan fingerprint density at radius 1 is 0.853 bits per heavy atom. The van der Waals surface area contributed by atoms with Crippen molar-refractivity contribution in [1.82, 2.24) is 4.90 Å². The van der Waals surface area contributed by atoms with Crippen LogP contribution in [0.2, 0.25) is 0 Å². The molecule has 3 rings (SSSR count). The summed E-state index contributed by atoms with van der Waals surface area (Å²) in [7, 11) is 3.17. The van der Waals surface area contributed by atoms with E-state index in [0.29, 0.717) is 30.2 Å². The van der Waals surface area contributed by atoms with Crippen molar-refractivity contribution in [2.24, 2.45) is 5.73 Å². The molecule has 3 aromatic rings. The smallest absolute Gasteiger partial charge is 0.254 e. The largest absolute Gasteiger partial charge is 0.496 e. The molecule has 0 unspecified atom stereocenters. The average molecular weight is 461 g/mol. The van der Waals surface area contributed by atoms with Gasteiger partial charge >= 0.3 is 0 Å². The van der Waals surface area contributed by atoms with Gasteiger partial charge in [0.2, 0.25) is 5.91 Å². The summed E-state index contributed by atoms with van der Waals surface area (Å²) in [6.07, 6.45) is 1.90. The predicted octanol–water partition coefficient (Wildman–Crippen LogP) is 4.32. The van der Waals surface area contributed by atoms with Crippen molar-refractivity contribution < 1.29 is 19.1 Å². The van der Waals surface area contributed by atoms with Crippen LogP contribution in [0, 0.1) is 6.92 Å². The van der Waals surface area contributed by atoms with Crippen LogP contribution in [0.4, 0.5) is 0 Å². The number of hydrogen-bond donors (Lipinski definition) is 1. The van der Waals surface area contributed by atoms with Crippen LogP contribution in [-0.2, 0) is 24.2 Å². The Bertz CT molecular complexity index is 1090. The molecule has 0 spiro atoms. The molecule has 0 aliphatic heterocycles. The summed E-state index contributed by atoms with van der Waals surface area (Å²) in [5.41, 5.74) is 9.74. The van der Waals surface area contributed by atoms with Crippen LogP contribution in [0.1, 0.15) is 39.0 Å². The first-order chi connectivity index (χ1) is 16.4. The van der Waals surface area contributed by atoms with Gasteiger partial charge in [-0.3, -0.25) is 9.59 Å². The van der Waals surface area contributed by atoms with Crippen molar-refractivity contribution in [2.45, 2.75) is 32.7 Å². The SMILES string of the molecule is COc1cc(C(=O)N(CCCc2ccccc2)Cc2ccc(CC(N)=O)cc2)cc(OC)c1C. The van der Waals surface area contributed by atoms with Crippen LogP contribution in [0.25, 0.3) is 0 Å². The van der Waals surface area contributed by atoms with Crippen molar-refractivity contribution in [3.8, 4) is 11.5 Å². The lowest BCUT2D eigenvalue weighted by molar-refractivity contribution is -0.117. The number of amides is 2. The molecular weight excluding hydrogens is 428 g/mol. The maximum Gasteiger partial charge on any atom is 0.254 e. The molecule has 0 saturated carbocycles. The van der Waals surface area contributed by atoms with Gasteiger partial charge in [-0.05, 0) is 48.6 Å². The molecule has 6 nitrogen and oxygen atoms in total. The summed E-state index contributed by atoms with van der Waals surface area (Å²) in [5.74, 6) is 0.768. The molecule has 6 heteroatoms. The van der Waals surface area contributed by atoms with Gasteiger partial charge in [0.15, 0.2) is 0 Å². The van der Waals surface area contributed by atoms with Gasteiger partial charge < -0.3 is 20.1 Å². The van der Waals surface area contributed by atoms with Gasteiger partial charge in [0.1, 0.15) is 11.5 Å². The highest BCUT2D eigenvalue weighted by molar-refractivity contribution is 5.95. The zero-order valence-corrected chi connectivity index (χ0v) is 20.0. The highest BCUT2D eigenvalue weighted by Gasteiger charge is 2.20. The Labute approximate surface area is 201 Å². The van der Waals surface area contributed by atoms with Gasteiger partial charge in [-0.15, -0.1) is 0 Å². The number of hydrogen-bond acceptors (Lipinski definition) is 4. The number of aryl methyl sites for hydroxylation is 1. The van der Waals surface area contributed by atoms with Gasteiger partial charge in [0.05, 0.1) is 20.6 Å². The summed E-state index contributed by atoms with van der Waals surface area (Å²) >= 11 is 0. The monoisotopic (exact) mass is 460 g/mol. The highest BCUT2D eigenvalue weighted by atomic mass is 16.5. The molecule has 3 aromatic carbocycles. The van der Waals surface area contributed by atoms with Crippen LogP contribution in [0.5, 0.6) is 11.5 Å². The zero-order chi connectivity index (χ0) is 24.5. The normalized spacial score (nSPS) is 10.6. The van der Waals surface area contributed by atoms with Crippen molar-refractivity contribution in [2.75, 3.05) is 20.8 Å². The Hall–Kier alpha value is -3.80. The second-order valence-electron chi connectivity index (χ2n) is 8.28. The highest BCUT2D eigenvalue weighted by Crippen LogP contribution is 2.30. The molecule has 0 bridgehead atoms. The van der Waals surface area contributed by atoms with Crippen LogP contribution in [-0.4, -0.2) is 37.5 Å². The van der Waals surface area contributed by atoms with Crippen LogP contribution < -0.4 is 15.2 Å². The topological polar surface area (TPSA) is 81.9 Å². The van der Waals surface area contributed by atoms with Crippen molar-refractivity contribution >= 4 is 11.8 Å². The van der Waals surface area contributed by atoms with Crippen molar-refractivity contribution in [3.05, 3.63) is 94.5 Å². The lowest BCUT2D eigenvalue weighted by Gasteiger charge is -2.24. The Balaban J connectivity index is 1.83. The third kappa shape index (κ3) is 6.61. The average Bonchev–Trinajstić information content (AvgIpc) is 2.84. The van der Waals surface area contributed by atoms with Gasteiger partial charge in [0, 0.05) is 24.2 Å². The second kappa shape index (κ2) is 11.9. The molecule has 178 valence electrons. The molecule has 0 aliphatic carbocycles. The molecule has 0 aliphatic rings. The maximum absolute atomic E-state index is 13.6. The Kier molecular flexibility index (Phi) is 8.68. The van der Waals surface area contributed by atoms with Crippen molar-refractivity contribution in [3.63, 3.8) is 0 Å². The van der Waals surface area contributed by atoms with Gasteiger partial charge in [-0.2, -0.15) is 0 Å². The minimum absolute atomic E-state index is 0.0918. The minimum Gasteiger partial charge on any atom is -0.496 e. The molecule has 0 radical (unpaired) electrons. The molecule has 0 saturated heterocycles. The van der Waals surface area contributed by atoms with Crippen molar-refractivity contribution in [1.29, 1.82) is 0 Å². The van der Waals surface area contributed by atoms with Gasteiger partial charge in [-0.1, -0.05) is 54.6 Å². The lowest BCUT2D eigenvalue weighted by atomic mass is 10.1.